The number of benzene rings is 4. The third kappa shape index (κ3) is 7.32. The average molecular weight is 593 g/mol. The highest BCUT2D eigenvalue weighted by molar-refractivity contribution is 8.77. The summed E-state index contributed by atoms with van der Waals surface area (Å²) in [4.78, 5) is 12.9. The lowest BCUT2D eigenvalue weighted by Gasteiger charge is -2.03. The van der Waals surface area contributed by atoms with E-state index in [9.17, 15) is 0 Å². The van der Waals surface area contributed by atoms with Crippen LogP contribution in [0, 0.1) is 0 Å². The van der Waals surface area contributed by atoms with E-state index in [1.807, 2.05) is 22.7 Å². The number of hydrogen-bond acceptors (Lipinski definition) is 6. The molecule has 6 rings (SSSR count). The van der Waals surface area contributed by atoms with Crippen molar-refractivity contribution in [2.24, 2.45) is 0 Å². The number of hydrogen-bond donors (Lipinski definition) is 0. The predicted molar refractivity (Wildman–Crippen MR) is 173 cm³/mol. The summed E-state index contributed by atoms with van der Waals surface area (Å²) >= 11 is 3.63. The Balaban J connectivity index is 1.22. The highest BCUT2D eigenvalue weighted by Gasteiger charge is 2.17. The highest BCUT2D eigenvalue weighted by atomic mass is 33.1. The van der Waals surface area contributed by atoms with Crippen LogP contribution in [0.25, 0.3) is 0 Å². The van der Waals surface area contributed by atoms with Crippen LogP contribution in [0.3, 0.4) is 0 Å². The minimum Gasteiger partial charge on any atom is -0.233 e. The van der Waals surface area contributed by atoms with Crippen molar-refractivity contribution in [2.75, 3.05) is 0 Å². The number of thiazole rings is 2. The second-order valence-electron chi connectivity index (χ2n) is 9.52. The van der Waals surface area contributed by atoms with E-state index in [4.69, 9.17) is 9.97 Å². The fourth-order valence-corrected chi connectivity index (χ4v) is 9.43. The van der Waals surface area contributed by atoms with Gasteiger partial charge < -0.3 is 0 Å². The Morgan fingerprint density at radius 1 is 0.400 bits per heavy atom. The van der Waals surface area contributed by atoms with Crippen molar-refractivity contribution in [1.82, 2.24) is 9.97 Å². The summed E-state index contributed by atoms with van der Waals surface area (Å²) in [5.41, 5.74) is 7.58. The van der Waals surface area contributed by atoms with Gasteiger partial charge in [-0.1, -0.05) is 121 Å². The van der Waals surface area contributed by atoms with Gasteiger partial charge in [0.1, 0.15) is 0 Å². The number of aromatic nitrogens is 2. The van der Waals surface area contributed by atoms with Gasteiger partial charge in [-0.3, -0.25) is 0 Å². The normalized spacial score (nSPS) is 11.1. The summed E-state index contributed by atoms with van der Waals surface area (Å²) < 4.78 is 2.18. The van der Waals surface area contributed by atoms with E-state index in [-0.39, 0.29) is 0 Å². The molecule has 0 aliphatic rings. The lowest BCUT2D eigenvalue weighted by molar-refractivity contribution is 1.02. The van der Waals surface area contributed by atoms with Crippen molar-refractivity contribution >= 4 is 44.3 Å². The standard InChI is InChI=1S/C34H28N2S4/c1-5-13-25(14-6-1)21-29-31(23-27-17-9-3-10-18-27)37-33(35-29)39-40-34-36-30(22-26-15-7-2-8-16-26)32(38-34)24-28-19-11-4-12-20-28/h1-20H,21-24H2. The maximum absolute atomic E-state index is 5.12. The van der Waals surface area contributed by atoms with Crippen molar-refractivity contribution in [2.45, 2.75) is 34.4 Å². The van der Waals surface area contributed by atoms with E-state index in [1.54, 1.807) is 21.6 Å². The molecule has 0 atom stereocenters. The molecule has 198 valence electrons. The summed E-state index contributed by atoms with van der Waals surface area (Å²) in [6, 6.07) is 42.7. The molecular weight excluding hydrogens is 565 g/mol. The van der Waals surface area contributed by atoms with Gasteiger partial charge >= 0.3 is 0 Å². The molecule has 6 heteroatoms. The van der Waals surface area contributed by atoms with Gasteiger partial charge in [-0.2, -0.15) is 0 Å². The van der Waals surface area contributed by atoms with E-state index in [2.05, 4.69) is 121 Å². The van der Waals surface area contributed by atoms with Gasteiger partial charge in [0.05, 0.1) is 11.4 Å². The molecule has 0 radical (unpaired) electrons. The predicted octanol–water partition coefficient (Wildman–Crippen LogP) is 9.76. The van der Waals surface area contributed by atoms with Crippen LogP contribution in [0.4, 0.5) is 0 Å². The Labute approximate surface area is 252 Å². The lowest BCUT2D eigenvalue weighted by atomic mass is 10.1. The molecule has 0 saturated carbocycles. The fourth-order valence-electron chi connectivity index (χ4n) is 4.56. The SMILES string of the molecule is c1ccc(Cc2nc(SSc3nc(Cc4ccccc4)c(Cc4ccccc4)s3)sc2Cc2ccccc2)cc1. The molecule has 0 spiro atoms. The Morgan fingerprint density at radius 3 is 1.02 bits per heavy atom. The zero-order valence-electron chi connectivity index (χ0n) is 21.9. The molecule has 0 amide bonds. The maximum Gasteiger partial charge on any atom is 0.161 e. The van der Waals surface area contributed by atoms with Crippen molar-refractivity contribution < 1.29 is 0 Å². The zero-order chi connectivity index (χ0) is 27.0. The van der Waals surface area contributed by atoms with Crippen molar-refractivity contribution in [3.8, 4) is 0 Å². The summed E-state index contributed by atoms with van der Waals surface area (Å²) in [7, 11) is 3.47. The van der Waals surface area contributed by atoms with Gasteiger partial charge in [0.25, 0.3) is 0 Å². The summed E-state index contributed by atoms with van der Waals surface area (Å²) in [5.74, 6) is 0. The van der Waals surface area contributed by atoms with Gasteiger partial charge in [0.2, 0.25) is 0 Å². The van der Waals surface area contributed by atoms with Crippen molar-refractivity contribution in [3.05, 3.63) is 165 Å². The second kappa shape index (κ2) is 13.5. The maximum atomic E-state index is 5.12. The Hall–Kier alpha value is -3.16. The first-order valence-corrected chi connectivity index (χ1v) is 17.0. The van der Waals surface area contributed by atoms with Gasteiger partial charge in [-0.15, -0.1) is 22.7 Å². The minimum atomic E-state index is 0.852. The number of rotatable bonds is 11. The molecular formula is C34H28N2S4. The van der Waals surface area contributed by atoms with Gasteiger partial charge in [-0.25, -0.2) is 9.97 Å². The van der Waals surface area contributed by atoms with Gasteiger partial charge in [0, 0.05) is 35.4 Å². The molecule has 0 aliphatic carbocycles. The van der Waals surface area contributed by atoms with Crippen LogP contribution in [-0.2, 0) is 25.7 Å². The van der Waals surface area contributed by atoms with Gasteiger partial charge in [0.15, 0.2) is 8.68 Å². The van der Waals surface area contributed by atoms with Crippen LogP contribution in [-0.4, -0.2) is 9.97 Å². The van der Waals surface area contributed by atoms with Crippen LogP contribution in [0.15, 0.2) is 130 Å². The number of nitrogens with zero attached hydrogens (tertiary/aromatic N) is 2. The largest absolute Gasteiger partial charge is 0.233 e. The van der Waals surface area contributed by atoms with E-state index in [0.717, 1.165) is 34.4 Å². The molecule has 0 bridgehead atoms. The highest BCUT2D eigenvalue weighted by Crippen LogP contribution is 2.43. The van der Waals surface area contributed by atoms with E-state index in [1.165, 1.54) is 43.4 Å². The molecule has 40 heavy (non-hydrogen) atoms. The van der Waals surface area contributed by atoms with Gasteiger partial charge in [-0.05, 0) is 43.8 Å². The molecule has 6 aromatic rings. The Morgan fingerprint density at radius 2 is 0.700 bits per heavy atom. The van der Waals surface area contributed by atoms with Crippen LogP contribution < -0.4 is 0 Å². The molecule has 2 heterocycles. The molecule has 0 aliphatic heterocycles. The third-order valence-electron chi connectivity index (χ3n) is 6.55. The first kappa shape index (κ1) is 27.0. The average Bonchev–Trinajstić information content (AvgIpc) is 3.56. The van der Waals surface area contributed by atoms with Crippen molar-refractivity contribution in [3.63, 3.8) is 0 Å². The molecule has 2 nitrogen and oxygen atoms in total. The zero-order valence-corrected chi connectivity index (χ0v) is 25.2. The first-order chi connectivity index (χ1) is 19.8. The Bertz CT molecular complexity index is 1390. The van der Waals surface area contributed by atoms with Crippen LogP contribution in [0.2, 0.25) is 0 Å². The van der Waals surface area contributed by atoms with Crippen LogP contribution >= 0.6 is 44.3 Å². The topological polar surface area (TPSA) is 25.8 Å². The van der Waals surface area contributed by atoms with E-state index >= 15 is 0 Å². The summed E-state index contributed by atoms with van der Waals surface area (Å²) in [6.45, 7) is 0. The van der Waals surface area contributed by atoms with E-state index < -0.39 is 0 Å². The second-order valence-corrected chi connectivity index (χ2v) is 14.3. The molecule has 0 unspecified atom stereocenters. The molecule has 2 aromatic heterocycles. The van der Waals surface area contributed by atoms with Crippen LogP contribution in [0.5, 0.6) is 0 Å². The molecule has 0 fully saturated rings. The molecule has 0 saturated heterocycles. The fraction of sp³-hybridized carbons (Fsp3) is 0.118. The van der Waals surface area contributed by atoms with Crippen LogP contribution in [0.1, 0.15) is 43.4 Å². The minimum absolute atomic E-state index is 0.852. The Kier molecular flexibility index (Phi) is 9.10. The first-order valence-electron chi connectivity index (χ1n) is 13.3. The summed E-state index contributed by atoms with van der Waals surface area (Å²) in [6.07, 6.45) is 3.52. The van der Waals surface area contributed by atoms with E-state index in [0.29, 0.717) is 0 Å². The molecule has 0 N–H and O–H groups in total. The summed E-state index contributed by atoms with van der Waals surface area (Å²) in [5, 5.41) is 0. The molecule has 4 aromatic carbocycles. The van der Waals surface area contributed by atoms with Crippen molar-refractivity contribution in [1.29, 1.82) is 0 Å². The lowest BCUT2D eigenvalue weighted by Crippen LogP contribution is -1.94. The third-order valence-corrected chi connectivity index (χ3v) is 11.7. The smallest absolute Gasteiger partial charge is 0.161 e. The quantitative estimate of drug-likeness (QED) is 0.140. The monoisotopic (exact) mass is 592 g/mol.